The molecule has 0 aliphatic rings. The molecule has 0 amide bonds. The minimum absolute atomic E-state index is 0.0361. The molecule has 0 radical (unpaired) electrons. The van der Waals surface area contributed by atoms with Gasteiger partial charge < -0.3 is 9.84 Å². The maximum absolute atomic E-state index is 10.7. The van der Waals surface area contributed by atoms with Gasteiger partial charge >= 0.3 is 5.97 Å². The Morgan fingerprint density at radius 3 is 2.44 bits per heavy atom. The Morgan fingerprint density at radius 2 is 2.00 bits per heavy atom. The number of carbonyl (C=O) groups excluding carboxylic acids is 1. The quantitative estimate of drug-likeness (QED) is 0.562. The third-order valence-corrected chi connectivity index (χ3v) is 2.01. The molecule has 0 aliphatic carbocycles. The number of aliphatic hydroxyl groups is 1. The van der Waals surface area contributed by atoms with Gasteiger partial charge in [-0.15, -0.1) is 0 Å². The average Bonchev–Trinajstić information content (AvgIpc) is 2.26. The van der Waals surface area contributed by atoms with Crippen molar-refractivity contribution in [3.8, 4) is 0 Å². The summed E-state index contributed by atoms with van der Waals surface area (Å²) >= 11 is 0. The van der Waals surface area contributed by atoms with Crippen LogP contribution in [0.2, 0.25) is 0 Å². The van der Waals surface area contributed by atoms with Gasteiger partial charge in [0.25, 0.3) is 0 Å². The molecule has 0 atom stereocenters. The third-order valence-electron chi connectivity index (χ3n) is 2.01. The zero-order valence-electron chi connectivity index (χ0n) is 11.1. The second kappa shape index (κ2) is 10.6. The number of rotatable bonds is 6. The fourth-order valence-corrected chi connectivity index (χ4v) is 0.920. The highest BCUT2D eigenvalue weighted by Gasteiger charge is 2.15. The van der Waals surface area contributed by atoms with Gasteiger partial charge in [-0.1, -0.05) is 27.7 Å². The number of aliphatic hydroxyl groups excluding tert-OH is 1. The van der Waals surface area contributed by atoms with Gasteiger partial charge in [0.1, 0.15) is 6.54 Å². The van der Waals surface area contributed by atoms with Crippen LogP contribution in [0.5, 0.6) is 0 Å². The average molecular weight is 231 g/mol. The van der Waals surface area contributed by atoms with E-state index in [1.807, 2.05) is 27.7 Å². The summed E-state index contributed by atoms with van der Waals surface area (Å²) in [6.45, 7) is 8.35. The minimum Gasteiger partial charge on any atom is -0.468 e. The Hall–Kier alpha value is -0.900. The van der Waals surface area contributed by atoms with Crippen LogP contribution in [0.4, 0.5) is 0 Å². The van der Waals surface area contributed by atoms with Crippen LogP contribution in [0.15, 0.2) is 4.99 Å². The zero-order valence-corrected chi connectivity index (χ0v) is 11.1. The standard InChI is InChI=1S/C10H19NO3.C2H6/c1-10(2,5-7-12)4-6-11-8-9(13)14-3;1-2/h6,12H,4-5,7-8H2,1-3H3;1-2H3. The molecule has 0 aromatic rings. The van der Waals surface area contributed by atoms with Gasteiger partial charge in [0.05, 0.1) is 7.11 Å². The van der Waals surface area contributed by atoms with Crippen molar-refractivity contribution in [2.24, 2.45) is 10.4 Å². The highest BCUT2D eigenvalue weighted by atomic mass is 16.5. The van der Waals surface area contributed by atoms with Crippen LogP contribution in [0, 0.1) is 5.41 Å². The molecule has 4 heteroatoms. The van der Waals surface area contributed by atoms with Crippen LogP contribution in [0.1, 0.15) is 40.5 Å². The van der Waals surface area contributed by atoms with Gasteiger partial charge in [-0.3, -0.25) is 9.79 Å². The minimum atomic E-state index is -0.332. The van der Waals surface area contributed by atoms with Gasteiger partial charge in [-0.05, 0) is 24.5 Å². The summed E-state index contributed by atoms with van der Waals surface area (Å²) < 4.78 is 4.44. The molecule has 0 aliphatic heterocycles. The first-order valence-electron chi connectivity index (χ1n) is 5.68. The number of hydrogen-bond acceptors (Lipinski definition) is 4. The topological polar surface area (TPSA) is 58.9 Å². The van der Waals surface area contributed by atoms with E-state index >= 15 is 0 Å². The van der Waals surface area contributed by atoms with E-state index in [1.165, 1.54) is 7.11 Å². The number of esters is 1. The number of nitrogens with zero attached hydrogens (tertiary/aromatic N) is 1. The molecule has 0 heterocycles. The molecule has 0 fully saturated rings. The molecule has 1 N–H and O–H groups in total. The van der Waals surface area contributed by atoms with Gasteiger partial charge in [-0.25, -0.2) is 0 Å². The summed E-state index contributed by atoms with van der Waals surface area (Å²) in [5.74, 6) is -0.332. The maximum atomic E-state index is 10.7. The zero-order chi connectivity index (χ0) is 13.0. The lowest BCUT2D eigenvalue weighted by molar-refractivity contribution is -0.138. The number of aliphatic imine (C=N–C) groups is 1. The van der Waals surface area contributed by atoms with Crippen LogP contribution in [-0.2, 0) is 9.53 Å². The predicted octanol–water partition coefficient (Wildman–Crippen LogP) is 2.06. The molecule has 4 nitrogen and oxygen atoms in total. The van der Waals surface area contributed by atoms with E-state index < -0.39 is 0 Å². The highest BCUT2D eigenvalue weighted by molar-refractivity contribution is 5.73. The summed E-state index contributed by atoms with van der Waals surface area (Å²) in [4.78, 5) is 14.6. The summed E-state index contributed by atoms with van der Waals surface area (Å²) in [5.41, 5.74) is 0.0361. The third kappa shape index (κ3) is 11.2. The van der Waals surface area contributed by atoms with Crippen molar-refractivity contribution >= 4 is 12.2 Å². The molecule has 96 valence electrons. The van der Waals surface area contributed by atoms with Crippen molar-refractivity contribution in [3.05, 3.63) is 0 Å². The fraction of sp³-hybridized carbons (Fsp3) is 0.833. The fourth-order valence-electron chi connectivity index (χ4n) is 0.920. The summed E-state index contributed by atoms with van der Waals surface area (Å²) in [5, 5.41) is 8.77. The van der Waals surface area contributed by atoms with E-state index in [0.717, 1.165) is 12.8 Å². The Balaban J connectivity index is 0. The van der Waals surface area contributed by atoms with Crippen LogP contribution in [0.3, 0.4) is 0 Å². The maximum Gasteiger partial charge on any atom is 0.327 e. The van der Waals surface area contributed by atoms with Crippen molar-refractivity contribution in [1.82, 2.24) is 0 Å². The first-order chi connectivity index (χ1) is 7.52. The molecule has 0 spiro atoms. The van der Waals surface area contributed by atoms with Crippen molar-refractivity contribution in [2.75, 3.05) is 20.3 Å². The molecule has 0 aromatic heterocycles. The first-order valence-corrected chi connectivity index (χ1v) is 5.68. The monoisotopic (exact) mass is 231 g/mol. The molecule has 0 saturated heterocycles. The second-order valence-electron chi connectivity index (χ2n) is 3.94. The predicted molar refractivity (Wildman–Crippen MR) is 66.8 cm³/mol. The van der Waals surface area contributed by atoms with Crippen LogP contribution < -0.4 is 0 Å². The lowest BCUT2D eigenvalue weighted by Crippen LogP contribution is -2.14. The van der Waals surface area contributed by atoms with E-state index in [2.05, 4.69) is 9.73 Å². The van der Waals surface area contributed by atoms with Crippen molar-refractivity contribution in [1.29, 1.82) is 0 Å². The van der Waals surface area contributed by atoms with Gasteiger partial charge in [0.15, 0.2) is 0 Å². The molecule has 0 unspecified atom stereocenters. The van der Waals surface area contributed by atoms with E-state index in [0.29, 0.717) is 0 Å². The number of carbonyl (C=O) groups is 1. The molecular formula is C12H25NO3. The normalized spacial score (nSPS) is 10.9. The van der Waals surface area contributed by atoms with Crippen LogP contribution in [0.25, 0.3) is 0 Å². The smallest absolute Gasteiger partial charge is 0.327 e. The van der Waals surface area contributed by atoms with Crippen molar-refractivity contribution in [3.63, 3.8) is 0 Å². The summed E-state index contributed by atoms with van der Waals surface area (Å²) in [7, 11) is 1.34. The number of ether oxygens (including phenoxy) is 1. The number of hydrogen-bond donors (Lipinski definition) is 1. The molecule has 0 rings (SSSR count). The second-order valence-corrected chi connectivity index (χ2v) is 3.94. The molecule has 0 bridgehead atoms. The van der Waals surface area contributed by atoms with Crippen LogP contribution >= 0.6 is 0 Å². The van der Waals surface area contributed by atoms with Gasteiger partial charge in [0, 0.05) is 6.61 Å². The Kier molecular flexibility index (Phi) is 11.6. The highest BCUT2D eigenvalue weighted by Crippen LogP contribution is 2.22. The molecular weight excluding hydrogens is 206 g/mol. The van der Waals surface area contributed by atoms with Crippen molar-refractivity contribution < 1.29 is 14.6 Å². The van der Waals surface area contributed by atoms with Gasteiger partial charge in [0.2, 0.25) is 0 Å². The Labute approximate surface area is 98.7 Å². The van der Waals surface area contributed by atoms with E-state index in [1.54, 1.807) is 6.21 Å². The van der Waals surface area contributed by atoms with Crippen molar-refractivity contribution in [2.45, 2.75) is 40.5 Å². The van der Waals surface area contributed by atoms with E-state index in [9.17, 15) is 4.79 Å². The largest absolute Gasteiger partial charge is 0.468 e. The SMILES string of the molecule is CC.COC(=O)CN=CCC(C)(C)CCO. The van der Waals surface area contributed by atoms with Gasteiger partial charge in [-0.2, -0.15) is 0 Å². The lowest BCUT2D eigenvalue weighted by Gasteiger charge is -2.20. The summed E-state index contributed by atoms with van der Waals surface area (Å²) in [6.07, 6.45) is 3.20. The van der Waals surface area contributed by atoms with Crippen LogP contribution in [-0.4, -0.2) is 37.6 Å². The molecule has 16 heavy (non-hydrogen) atoms. The first kappa shape index (κ1) is 17.5. The van der Waals surface area contributed by atoms with E-state index in [-0.39, 0.29) is 24.5 Å². The lowest BCUT2D eigenvalue weighted by atomic mass is 9.87. The Morgan fingerprint density at radius 1 is 1.44 bits per heavy atom. The number of methoxy groups -OCH3 is 1. The molecule has 0 aromatic carbocycles. The summed E-state index contributed by atoms with van der Waals surface area (Å²) in [6, 6.07) is 0. The van der Waals surface area contributed by atoms with E-state index in [4.69, 9.17) is 5.11 Å². The molecule has 0 saturated carbocycles. The Bertz CT molecular complexity index is 200.